The van der Waals surface area contributed by atoms with E-state index in [4.69, 9.17) is 5.73 Å². The summed E-state index contributed by atoms with van der Waals surface area (Å²) in [5.74, 6) is 0.607. The largest absolute Gasteiger partial charge is 0.330 e. The molecule has 1 fully saturated rings. The fourth-order valence-corrected chi connectivity index (χ4v) is 2.73. The van der Waals surface area contributed by atoms with Crippen molar-refractivity contribution in [2.75, 3.05) is 32.7 Å². The lowest BCUT2D eigenvalue weighted by Gasteiger charge is -2.31. The zero-order chi connectivity index (χ0) is 12.1. The van der Waals surface area contributed by atoms with Crippen LogP contribution in [0.3, 0.4) is 0 Å². The Bertz CT molecular complexity index is 192. The zero-order valence-corrected chi connectivity index (χ0v) is 11.4. The van der Waals surface area contributed by atoms with Crippen LogP contribution in [-0.2, 0) is 0 Å². The summed E-state index contributed by atoms with van der Waals surface area (Å²) in [7, 11) is 0. The van der Waals surface area contributed by atoms with Crippen molar-refractivity contribution in [1.29, 1.82) is 0 Å². The van der Waals surface area contributed by atoms with Crippen molar-refractivity contribution < 1.29 is 0 Å². The third-order valence-corrected chi connectivity index (χ3v) is 4.29. The number of hydrogen-bond donors (Lipinski definition) is 1. The summed E-state index contributed by atoms with van der Waals surface area (Å²) in [5, 5.41) is 0. The quantitative estimate of drug-likeness (QED) is 0.744. The van der Waals surface area contributed by atoms with Gasteiger partial charge in [0.2, 0.25) is 0 Å². The van der Waals surface area contributed by atoms with E-state index < -0.39 is 0 Å². The van der Waals surface area contributed by atoms with Gasteiger partial charge >= 0.3 is 0 Å². The summed E-state index contributed by atoms with van der Waals surface area (Å²) >= 11 is 0. The molecule has 3 nitrogen and oxygen atoms in total. The predicted molar refractivity (Wildman–Crippen MR) is 70.6 cm³/mol. The molecule has 1 aliphatic rings. The molecule has 96 valence electrons. The molecular weight excluding hydrogens is 198 g/mol. The Hall–Kier alpha value is -0.120. The number of likely N-dealkylation sites (tertiary alicyclic amines) is 1. The van der Waals surface area contributed by atoms with E-state index in [1.54, 1.807) is 0 Å². The molecule has 1 saturated heterocycles. The summed E-state index contributed by atoms with van der Waals surface area (Å²) in [6.07, 6.45) is 1.32. The van der Waals surface area contributed by atoms with Crippen LogP contribution < -0.4 is 5.73 Å². The Balaban J connectivity index is 2.45. The van der Waals surface area contributed by atoms with Crippen LogP contribution in [0.25, 0.3) is 0 Å². The standard InChI is InChI=1S/C13H29N3/c1-5-15(6-2)13-7-8-16(10-13)12(4)11(3)9-14/h11-13H,5-10,14H2,1-4H3. The van der Waals surface area contributed by atoms with Gasteiger partial charge in [0, 0.05) is 25.2 Å². The molecule has 0 spiro atoms. The molecule has 3 heteroatoms. The normalized spacial score (nSPS) is 26.2. The Morgan fingerprint density at radius 1 is 1.31 bits per heavy atom. The number of rotatable bonds is 6. The van der Waals surface area contributed by atoms with E-state index in [-0.39, 0.29) is 0 Å². The highest BCUT2D eigenvalue weighted by atomic mass is 15.3. The minimum atomic E-state index is 0.607. The Labute approximate surface area is 101 Å². The summed E-state index contributed by atoms with van der Waals surface area (Å²) in [5.41, 5.74) is 5.75. The van der Waals surface area contributed by atoms with Gasteiger partial charge in [0.25, 0.3) is 0 Å². The third kappa shape index (κ3) is 3.19. The van der Waals surface area contributed by atoms with Gasteiger partial charge in [0.15, 0.2) is 0 Å². The minimum absolute atomic E-state index is 0.607. The summed E-state index contributed by atoms with van der Waals surface area (Å²) in [6, 6.07) is 1.40. The first-order valence-corrected chi connectivity index (χ1v) is 6.82. The van der Waals surface area contributed by atoms with Crippen molar-refractivity contribution in [2.45, 2.75) is 46.2 Å². The van der Waals surface area contributed by atoms with Gasteiger partial charge in [-0.3, -0.25) is 9.80 Å². The molecule has 3 unspecified atom stereocenters. The van der Waals surface area contributed by atoms with Crippen LogP contribution in [0.2, 0.25) is 0 Å². The number of nitrogens with two attached hydrogens (primary N) is 1. The average molecular weight is 227 g/mol. The molecule has 2 N–H and O–H groups in total. The molecule has 16 heavy (non-hydrogen) atoms. The van der Waals surface area contributed by atoms with Gasteiger partial charge in [-0.15, -0.1) is 0 Å². The van der Waals surface area contributed by atoms with Gasteiger partial charge in [0.1, 0.15) is 0 Å². The highest BCUT2D eigenvalue weighted by Crippen LogP contribution is 2.20. The monoisotopic (exact) mass is 227 g/mol. The maximum atomic E-state index is 5.75. The average Bonchev–Trinajstić information content (AvgIpc) is 2.78. The van der Waals surface area contributed by atoms with Crippen molar-refractivity contribution in [3.05, 3.63) is 0 Å². The molecule has 0 saturated carbocycles. The van der Waals surface area contributed by atoms with Crippen molar-refractivity contribution in [1.82, 2.24) is 9.80 Å². The van der Waals surface area contributed by atoms with Crippen LogP contribution in [0, 0.1) is 5.92 Å². The molecule has 1 aliphatic heterocycles. The highest BCUT2D eigenvalue weighted by Gasteiger charge is 2.30. The van der Waals surface area contributed by atoms with E-state index in [9.17, 15) is 0 Å². The van der Waals surface area contributed by atoms with Crippen molar-refractivity contribution >= 4 is 0 Å². The van der Waals surface area contributed by atoms with Crippen molar-refractivity contribution in [3.8, 4) is 0 Å². The number of likely N-dealkylation sites (N-methyl/N-ethyl adjacent to an activating group) is 1. The van der Waals surface area contributed by atoms with Crippen LogP contribution in [-0.4, -0.2) is 54.6 Å². The van der Waals surface area contributed by atoms with Gasteiger partial charge < -0.3 is 5.73 Å². The summed E-state index contributed by atoms with van der Waals surface area (Å²) in [4.78, 5) is 5.19. The van der Waals surface area contributed by atoms with Gasteiger partial charge in [-0.05, 0) is 38.9 Å². The number of hydrogen-bond acceptors (Lipinski definition) is 3. The first kappa shape index (κ1) is 13.9. The third-order valence-electron chi connectivity index (χ3n) is 4.29. The fraction of sp³-hybridized carbons (Fsp3) is 1.00. The van der Waals surface area contributed by atoms with Crippen LogP contribution in [0.4, 0.5) is 0 Å². The van der Waals surface area contributed by atoms with Crippen molar-refractivity contribution in [3.63, 3.8) is 0 Å². The first-order valence-electron chi connectivity index (χ1n) is 6.82. The summed E-state index contributed by atoms with van der Waals surface area (Å²) < 4.78 is 0. The first-order chi connectivity index (χ1) is 7.63. The lowest BCUT2D eigenvalue weighted by atomic mass is 10.0. The van der Waals surface area contributed by atoms with E-state index in [0.29, 0.717) is 12.0 Å². The van der Waals surface area contributed by atoms with Crippen LogP contribution in [0.5, 0.6) is 0 Å². The smallest absolute Gasteiger partial charge is 0.0235 e. The fourth-order valence-electron chi connectivity index (χ4n) is 2.73. The van der Waals surface area contributed by atoms with E-state index in [1.165, 1.54) is 32.6 Å². The molecule has 0 aromatic rings. The second-order valence-corrected chi connectivity index (χ2v) is 5.11. The van der Waals surface area contributed by atoms with Crippen LogP contribution in [0.15, 0.2) is 0 Å². The second kappa shape index (κ2) is 6.58. The van der Waals surface area contributed by atoms with Crippen LogP contribution >= 0.6 is 0 Å². The Kier molecular flexibility index (Phi) is 5.73. The Morgan fingerprint density at radius 3 is 2.44 bits per heavy atom. The molecule has 1 heterocycles. The van der Waals surface area contributed by atoms with Gasteiger partial charge in [-0.1, -0.05) is 20.8 Å². The second-order valence-electron chi connectivity index (χ2n) is 5.11. The molecular formula is C13H29N3. The van der Waals surface area contributed by atoms with E-state index >= 15 is 0 Å². The maximum absolute atomic E-state index is 5.75. The molecule has 3 atom stereocenters. The molecule has 1 rings (SSSR count). The van der Waals surface area contributed by atoms with Gasteiger partial charge in [-0.25, -0.2) is 0 Å². The van der Waals surface area contributed by atoms with E-state index in [0.717, 1.165) is 12.6 Å². The van der Waals surface area contributed by atoms with E-state index in [1.807, 2.05) is 0 Å². The molecule has 0 radical (unpaired) electrons. The molecule has 0 aromatic carbocycles. The molecule has 0 aromatic heterocycles. The lowest BCUT2D eigenvalue weighted by Crippen LogP contribution is -2.42. The van der Waals surface area contributed by atoms with Crippen molar-refractivity contribution in [2.24, 2.45) is 11.7 Å². The zero-order valence-electron chi connectivity index (χ0n) is 11.4. The highest BCUT2D eigenvalue weighted by molar-refractivity contribution is 4.86. The molecule has 0 bridgehead atoms. The van der Waals surface area contributed by atoms with Gasteiger partial charge in [-0.2, -0.15) is 0 Å². The molecule has 0 amide bonds. The van der Waals surface area contributed by atoms with Crippen LogP contribution in [0.1, 0.15) is 34.1 Å². The number of nitrogens with zero attached hydrogens (tertiary/aromatic N) is 2. The SMILES string of the molecule is CCN(CC)C1CCN(C(C)C(C)CN)C1. The topological polar surface area (TPSA) is 32.5 Å². The maximum Gasteiger partial charge on any atom is 0.0235 e. The summed E-state index contributed by atoms with van der Waals surface area (Å²) in [6.45, 7) is 14.7. The van der Waals surface area contributed by atoms with E-state index in [2.05, 4.69) is 37.5 Å². The van der Waals surface area contributed by atoms with Gasteiger partial charge in [0.05, 0.1) is 0 Å². The minimum Gasteiger partial charge on any atom is -0.330 e. The lowest BCUT2D eigenvalue weighted by molar-refractivity contribution is 0.168. The molecule has 0 aliphatic carbocycles. The Morgan fingerprint density at radius 2 is 1.94 bits per heavy atom. The predicted octanol–water partition coefficient (Wildman–Crippen LogP) is 1.39.